The van der Waals surface area contributed by atoms with E-state index >= 15 is 0 Å². The molecule has 1 aromatic heterocycles. The monoisotopic (exact) mass is 297 g/mol. The Balaban J connectivity index is 2.25. The van der Waals surface area contributed by atoms with Crippen LogP contribution in [0.4, 0.5) is 0 Å². The van der Waals surface area contributed by atoms with Gasteiger partial charge in [0.1, 0.15) is 11.6 Å². The van der Waals surface area contributed by atoms with Gasteiger partial charge < -0.3 is 5.32 Å². The van der Waals surface area contributed by atoms with Crippen LogP contribution in [-0.2, 0) is 22.0 Å². The zero-order valence-electron chi connectivity index (χ0n) is 12.2. The van der Waals surface area contributed by atoms with Gasteiger partial charge in [0.25, 0.3) is 0 Å². The number of hydrogen-bond acceptors (Lipinski definition) is 5. The summed E-state index contributed by atoms with van der Waals surface area (Å²) in [6.07, 6.45) is 8.42. The Morgan fingerprint density at radius 3 is 2.90 bits per heavy atom. The summed E-state index contributed by atoms with van der Waals surface area (Å²) in [4.78, 5) is 8.73. The molecule has 0 saturated heterocycles. The molecule has 0 spiro atoms. The zero-order valence-corrected chi connectivity index (χ0v) is 13.0. The lowest BCUT2D eigenvalue weighted by atomic mass is 10.0. The van der Waals surface area contributed by atoms with Gasteiger partial charge in [0.15, 0.2) is 9.84 Å². The fraction of sp³-hybridized carbons (Fsp3) is 0.714. The van der Waals surface area contributed by atoms with Gasteiger partial charge in [0.05, 0.1) is 0 Å². The number of rotatable bonds is 5. The molecular weight excluding hydrogens is 274 g/mol. The van der Waals surface area contributed by atoms with Crippen LogP contribution in [0.1, 0.15) is 55.7 Å². The number of fused-ring (bicyclic) bond motifs is 1. The average Bonchev–Trinajstić information content (AvgIpc) is 2.56. The Bertz CT molecular complexity index is 558. The van der Waals surface area contributed by atoms with Crippen molar-refractivity contribution in [3.8, 4) is 0 Å². The van der Waals surface area contributed by atoms with Crippen molar-refractivity contribution in [1.29, 1.82) is 0 Å². The van der Waals surface area contributed by atoms with Crippen LogP contribution in [0.15, 0.2) is 6.20 Å². The number of nitrogens with zero attached hydrogens (tertiary/aromatic N) is 2. The van der Waals surface area contributed by atoms with Crippen molar-refractivity contribution in [3.05, 3.63) is 23.3 Å². The summed E-state index contributed by atoms with van der Waals surface area (Å²) in [7, 11) is -3.08. The minimum atomic E-state index is -3.08. The molecule has 0 radical (unpaired) electrons. The van der Waals surface area contributed by atoms with Gasteiger partial charge in [-0.15, -0.1) is 0 Å². The Morgan fingerprint density at radius 2 is 2.20 bits per heavy atom. The predicted octanol–water partition coefficient (Wildman–Crippen LogP) is 1.79. The molecule has 0 aromatic carbocycles. The van der Waals surface area contributed by atoms with Crippen LogP contribution in [0.3, 0.4) is 0 Å². The van der Waals surface area contributed by atoms with Gasteiger partial charge in [-0.2, -0.15) is 0 Å². The van der Waals surface area contributed by atoms with E-state index in [0.29, 0.717) is 11.9 Å². The summed E-state index contributed by atoms with van der Waals surface area (Å²) < 4.78 is 22.7. The van der Waals surface area contributed by atoms with Gasteiger partial charge in [-0.05, 0) is 32.2 Å². The summed E-state index contributed by atoms with van der Waals surface area (Å²) in [5, 5.41) is 3.54. The number of hydrogen-bond donors (Lipinski definition) is 1. The molecule has 1 N–H and O–H groups in total. The molecule has 1 aliphatic carbocycles. The summed E-state index contributed by atoms with van der Waals surface area (Å²) in [5.74, 6) is 0.343. The van der Waals surface area contributed by atoms with Gasteiger partial charge >= 0.3 is 0 Å². The lowest BCUT2D eigenvalue weighted by Crippen LogP contribution is -2.23. The van der Waals surface area contributed by atoms with Crippen LogP contribution in [0, 0.1) is 0 Å². The smallest absolute Gasteiger partial charge is 0.154 e. The van der Waals surface area contributed by atoms with Crippen LogP contribution in [-0.4, -0.2) is 31.2 Å². The van der Waals surface area contributed by atoms with Gasteiger partial charge in [-0.3, -0.25) is 0 Å². The van der Waals surface area contributed by atoms with E-state index in [1.807, 2.05) is 6.20 Å². The first-order valence-corrected chi connectivity index (χ1v) is 9.31. The third-order valence-corrected chi connectivity index (χ3v) is 4.30. The summed E-state index contributed by atoms with van der Waals surface area (Å²) in [6.45, 7) is 3.13. The zero-order chi connectivity index (χ0) is 14.6. The molecule has 5 nitrogen and oxygen atoms in total. The highest BCUT2D eigenvalue weighted by Gasteiger charge is 2.20. The van der Waals surface area contributed by atoms with Crippen LogP contribution < -0.4 is 5.32 Å². The SMILES string of the molecule is CCCNC1CCCCc2nc(CS(C)(=O)=O)ncc21. The van der Waals surface area contributed by atoms with Crippen molar-refractivity contribution >= 4 is 9.84 Å². The second kappa shape index (κ2) is 6.63. The second-order valence-electron chi connectivity index (χ2n) is 5.51. The lowest BCUT2D eigenvalue weighted by molar-refractivity contribution is 0.488. The fourth-order valence-electron chi connectivity index (χ4n) is 2.59. The number of aromatic nitrogens is 2. The molecular formula is C14H23N3O2S. The van der Waals surface area contributed by atoms with E-state index < -0.39 is 9.84 Å². The molecule has 0 bridgehead atoms. The van der Waals surface area contributed by atoms with Crippen molar-refractivity contribution in [2.45, 2.75) is 50.8 Å². The first-order valence-electron chi connectivity index (χ1n) is 7.25. The largest absolute Gasteiger partial charge is 0.310 e. The summed E-state index contributed by atoms with van der Waals surface area (Å²) in [5.41, 5.74) is 2.16. The van der Waals surface area contributed by atoms with Crippen molar-refractivity contribution < 1.29 is 8.42 Å². The highest BCUT2D eigenvalue weighted by molar-refractivity contribution is 7.89. The molecule has 2 rings (SSSR count). The van der Waals surface area contributed by atoms with E-state index in [0.717, 1.165) is 43.5 Å². The molecule has 1 heterocycles. The van der Waals surface area contributed by atoms with E-state index in [1.165, 1.54) is 12.7 Å². The van der Waals surface area contributed by atoms with Crippen LogP contribution in [0.2, 0.25) is 0 Å². The quantitative estimate of drug-likeness (QED) is 0.839. The van der Waals surface area contributed by atoms with Crippen LogP contribution in [0.25, 0.3) is 0 Å². The highest BCUT2D eigenvalue weighted by Crippen LogP contribution is 2.27. The highest BCUT2D eigenvalue weighted by atomic mass is 32.2. The second-order valence-corrected chi connectivity index (χ2v) is 7.65. The van der Waals surface area contributed by atoms with Gasteiger partial charge in [0, 0.05) is 29.8 Å². The molecule has 0 amide bonds. The summed E-state index contributed by atoms with van der Waals surface area (Å²) in [6, 6.07) is 0.305. The first kappa shape index (κ1) is 15.4. The van der Waals surface area contributed by atoms with Gasteiger partial charge in [0.2, 0.25) is 0 Å². The summed E-state index contributed by atoms with van der Waals surface area (Å²) >= 11 is 0. The molecule has 1 atom stereocenters. The maximum Gasteiger partial charge on any atom is 0.154 e. The van der Waals surface area contributed by atoms with Crippen molar-refractivity contribution in [2.24, 2.45) is 0 Å². The molecule has 6 heteroatoms. The van der Waals surface area contributed by atoms with Crippen LogP contribution >= 0.6 is 0 Å². The minimum Gasteiger partial charge on any atom is -0.310 e. The normalized spacial score (nSPS) is 19.4. The standard InChI is InChI=1S/C14H23N3O2S/c1-3-8-15-12-6-4-5-7-13-11(12)9-16-14(17-13)10-20(2,18)19/h9,12,15H,3-8,10H2,1-2H3. The maximum atomic E-state index is 11.3. The van der Waals surface area contributed by atoms with Gasteiger partial charge in [-0.1, -0.05) is 13.3 Å². The Hall–Kier alpha value is -1.01. The first-order chi connectivity index (χ1) is 9.49. The third kappa shape index (κ3) is 4.24. The number of nitrogens with one attached hydrogen (secondary N) is 1. The Kier molecular flexibility index (Phi) is 5.10. The molecule has 0 aliphatic heterocycles. The number of aryl methyl sites for hydroxylation is 1. The Labute approximate surface area is 121 Å². The topological polar surface area (TPSA) is 72.0 Å². The molecule has 1 unspecified atom stereocenters. The average molecular weight is 297 g/mol. The molecule has 0 saturated carbocycles. The molecule has 112 valence electrons. The van der Waals surface area contributed by atoms with E-state index in [9.17, 15) is 8.42 Å². The van der Waals surface area contributed by atoms with E-state index in [2.05, 4.69) is 22.2 Å². The van der Waals surface area contributed by atoms with Gasteiger partial charge in [-0.25, -0.2) is 18.4 Å². The predicted molar refractivity (Wildman–Crippen MR) is 79.2 cm³/mol. The van der Waals surface area contributed by atoms with Crippen molar-refractivity contribution in [1.82, 2.24) is 15.3 Å². The molecule has 0 fully saturated rings. The fourth-order valence-corrected chi connectivity index (χ4v) is 3.20. The third-order valence-electron chi connectivity index (χ3n) is 3.51. The van der Waals surface area contributed by atoms with Crippen LogP contribution in [0.5, 0.6) is 0 Å². The Morgan fingerprint density at radius 1 is 1.40 bits per heavy atom. The maximum absolute atomic E-state index is 11.3. The molecule has 20 heavy (non-hydrogen) atoms. The lowest BCUT2D eigenvalue weighted by Gasteiger charge is -2.18. The van der Waals surface area contributed by atoms with E-state index in [1.54, 1.807) is 0 Å². The molecule has 1 aromatic rings. The molecule has 1 aliphatic rings. The van der Waals surface area contributed by atoms with Crippen molar-refractivity contribution in [3.63, 3.8) is 0 Å². The van der Waals surface area contributed by atoms with E-state index in [4.69, 9.17) is 0 Å². The number of sulfone groups is 1. The van der Waals surface area contributed by atoms with Crippen molar-refractivity contribution in [2.75, 3.05) is 12.8 Å². The minimum absolute atomic E-state index is 0.0761. The van der Waals surface area contributed by atoms with E-state index in [-0.39, 0.29) is 5.75 Å².